The van der Waals surface area contributed by atoms with Crippen molar-refractivity contribution in [1.82, 2.24) is 5.32 Å². The molecule has 110 valence electrons. The molecular weight excluding hydrogens is 258 g/mol. The van der Waals surface area contributed by atoms with Gasteiger partial charge in [-0.15, -0.1) is 0 Å². The van der Waals surface area contributed by atoms with E-state index >= 15 is 0 Å². The van der Waals surface area contributed by atoms with Gasteiger partial charge < -0.3 is 14.8 Å². The maximum Gasteiger partial charge on any atom is 0.311 e. The lowest BCUT2D eigenvalue weighted by Crippen LogP contribution is -2.45. The van der Waals surface area contributed by atoms with Crippen LogP contribution in [0.25, 0.3) is 0 Å². The SMILES string of the molecule is Cc1cc(C(=O)NCC2(C(=O)O)CCC(C)CC2)co1. The predicted octanol–water partition coefficient (Wildman–Crippen LogP) is 2.60. The third kappa shape index (κ3) is 3.03. The molecule has 0 saturated heterocycles. The molecular formula is C15H21NO4. The first-order valence-corrected chi connectivity index (χ1v) is 7.00. The molecule has 0 aliphatic heterocycles. The Morgan fingerprint density at radius 1 is 1.45 bits per heavy atom. The number of hydrogen-bond acceptors (Lipinski definition) is 3. The van der Waals surface area contributed by atoms with E-state index in [1.165, 1.54) is 6.26 Å². The van der Waals surface area contributed by atoms with Crippen molar-refractivity contribution < 1.29 is 19.1 Å². The molecule has 1 amide bonds. The van der Waals surface area contributed by atoms with Gasteiger partial charge in [0, 0.05) is 6.54 Å². The number of aryl methyl sites for hydroxylation is 1. The minimum atomic E-state index is -0.819. The Bertz CT molecular complexity index is 498. The van der Waals surface area contributed by atoms with Crippen LogP contribution in [0, 0.1) is 18.3 Å². The standard InChI is InChI=1S/C15H21NO4/c1-10-3-5-15(6-4-10,14(18)19)9-16-13(17)12-7-11(2)20-8-12/h7-8,10H,3-6,9H2,1-2H3,(H,16,17)(H,18,19). The van der Waals surface area contributed by atoms with Crippen molar-refractivity contribution in [2.45, 2.75) is 39.5 Å². The highest BCUT2D eigenvalue weighted by Crippen LogP contribution is 2.38. The molecule has 0 spiro atoms. The molecule has 1 aromatic heterocycles. The summed E-state index contributed by atoms with van der Waals surface area (Å²) in [6.45, 7) is 4.08. The maximum absolute atomic E-state index is 12.0. The van der Waals surface area contributed by atoms with Crippen molar-refractivity contribution >= 4 is 11.9 Å². The average Bonchev–Trinajstić information content (AvgIpc) is 2.84. The van der Waals surface area contributed by atoms with E-state index in [9.17, 15) is 14.7 Å². The highest BCUT2D eigenvalue weighted by atomic mass is 16.4. The van der Waals surface area contributed by atoms with Crippen LogP contribution < -0.4 is 5.32 Å². The lowest BCUT2D eigenvalue weighted by molar-refractivity contribution is -0.151. The number of carbonyl (C=O) groups is 2. The van der Waals surface area contributed by atoms with Gasteiger partial charge in [-0.1, -0.05) is 6.92 Å². The largest absolute Gasteiger partial charge is 0.481 e. The number of amides is 1. The molecule has 2 N–H and O–H groups in total. The summed E-state index contributed by atoms with van der Waals surface area (Å²) in [4.78, 5) is 23.5. The molecule has 1 aliphatic carbocycles. The van der Waals surface area contributed by atoms with E-state index in [4.69, 9.17) is 4.42 Å². The summed E-state index contributed by atoms with van der Waals surface area (Å²) in [7, 11) is 0. The van der Waals surface area contributed by atoms with Crippen molar-refractivity contribution in [2.24, 2.45) is 11.3 Å². The highest BCUT2D eigenvalue weighted by Gasteiger charge is 2.41. The minimum absolute atomic E-state index is 0.179. The van der Waals surface area contributed by atoms with Gasteiger partial charge in [-0.05, 0) is 44.6 Å². The van der Waals surface area contributed by atoms with Gasteiger partial charge in [0.1, 0.15) is 12.0 Å². The Hall–Kier alpha value is -1.78. The number of rotatable bonds is 4. The third-order valence-corrected chi connectivity index (χ3v) is 4.27. The first kappa shape index (κ1) is 14.6. The lowest BCUT2D eigenvalue weighted by atomic mass is 9.71. The maximum atomic E-state index is 12.0. The summed E-state index contributed by atoms with van der Waals surface area (Å²) in [6.07, 6.45) is 4.42. The molecule has 0 bridgehead atoms. The number of furan rings is 1. The number of aliphatic carboxylic acids is 1. The van der Waals surface area contributed by atoms with Crippen LogP contribution >= 0.6 is 0 Å². The van der Waals surface area contributed by atoms with Crippen molar-refractivity contribution in [3.63, 3.8) is 0 Å². The van der Waals surface area contributed by atoms with Crippen LogP contribution in [-0.4, -0.2) is 23.5 Å². The molecule has 0 aromatic carbocycles. The Morgan fingerprint density at radius 2 is 2.10 bits per heavy atom. The Kier molecular flexibility index (Phi) is 4.16. The number of nitrogens with one attached hydrogen (secondary N) is 1. The third-order valence-electron chi connectivity index (χ3n) is 4.27. The number of carboxylic acid groups (broad SMARTS) is 1. The zero-order valence-electron chi connectivity index (χ0n) is 11.9. The second-order valence-electron chi connectivity index (χ2n) is 5.90. The fourth-order valence-corrected chi connectivity index (χ4v) is 2.70. The first-order valence-electron chi connectivity index (χ1n) is 7.00. The fraction of sp³-hybridized carbons (Fsp3) is 0.600. The van der Waals surface area contributed by atoms with Gasteiger partial charge >= 0.3 is 5.97 Å². The molecule has 5 nitrogen and oxygen atoms in total. The molecule has 2 rings (SSSR count). The molecule has 1 heterocycles. The second-order valence-corrected chi connectivity index (χ2v) is 5.90. The summed E-state index contributed by atoms with van der Waals surface area (Å²) in [5.41, 5.74) is -0.381. The number of carbonyl (C=O) groups excluding carboxylic acids is 1. The van der Waals surface area contributed by atoms with Crippen LogP contribution in [-0.2, 0) is 4.79 Å². The van der Waals surface area contributed by atoms with E-state index < -0.39 is 11.4 Å². The van der Waals surface area contributed by atoms with E-state index in [0.29, 0.717) is 30.1 Å². The van der Waals surface area contributed by atoms with Gasteiger partial charge in [0.2, 0.25) is 0 Å². The molecule has 0 atom stereocenters. The van der Waals surface area contributed by atoms with Gasteiger partial charge in [0.15, 0.2) is 0 Å². The Morgan fingerprint density at radius 3 is 2.60 bits per heavy atom. The molecule has 1 saturated carbocycles. The van der Waals surface area contributed by atoms with Crippen LogP contribution in [0.15, 0.2) is 16.7 Å². The monoisotopic (exact) mass is 279 g/mol. The smallest absolute Gasteiger partial charge is 0.311 e. The summed E-state index contributed by atoms with van der Waals surface area (Å²) >= 11 is 0. The van der Waals surface area contributed by atoms with E-state index in [-0.39, 0.29) is 12.5 Å². The summed E-state index contributed by atoms with van der Waals surface area (Å²) < 4.78 is 5.09. The Labute approximate surface area is 118 Å². The topological polar surface area (TPSA) is 79.5 Å². The zero-order valence-corrected chi connectivity index (χ0v) is 11.9. The fourth-order valence-electron chi connectivity index (χ4n) is 2.70. The van der Waals surface area contributed by atoms with E-state index in [1.54, 1.807) is 13.0 Å². The van der Waals surface area contributed by atoms with E-state index in [1.807, 2.05) is 0 Å². The highest BCUT2D eigenvalue weighted by molar-refractivity contribution is 5.94. The van der Waals surface area contributed by atoms with E-state index in [0.717, 1.165) is 12.8 Å². The molecule has 1 aliphatic rings. The van der Waals surface area contributed by atoms with Gasteiger partial charge in [0.25, 0.3) is 5.91 Å². The van der Waals surface area contributed by atoms with Crippen LogP contribution in [0.4, 0.5) is 0 Å². The molecule has 20 heavy (non-hydrogen) atoms. The lowest BCUT2D eigenvalue weighted by Gasteiger charge is -2.35. The molecule has 0 radical (unpaired) electrons. The van der Waals surface area contributed by atoms with Crippen LogP contribution in [0.3, 0.4) is 0 Å². The Balaban J connectivity index is 1.99. The summed E-state index contributed by atoms with van der Waals surface area (Å²) in [5, 5.41) is 12.2. The molecule has 5 heteroatoms. The number of hydrogen-bond donors (Lipinski definition) is 2. The van der Waals surface area contributed by atoms with Crippen LogP contribution in [0.1, 0.15) is 48.7 Å². The molecule has 0 unspecified atom stereocenters. The van der Waals surface area contributed by atoms with Crippen molar-refractivity contribution in [3.8, 4) is 0 Å². The molecule has 1 fully saturated rings. The van der Waals surface area contributed by atoms with Gasteiger partial charge in [-0.2, -0.15) is 0 Å². The van der Waals surface area contributed by atoms with Gasteiger partial charge in [-0.25, -0.2) is 0 Å². The van der Waals surface area contributed by atoms with E-state index in [2.05, 4.69) is 12.2 Å². The van der Waals surface area contributed by atoms with Crippen molar-refractivity contribution in [1.29, 1.82) is 0 Å². The van der Waals surface area contributed by atoms with Crippen molar-refractivity contribution in [3.05, 3.63) is 23.7 Å². The number of carboxylic acids is 1. The van der Waals surface area contributed by atoms with Gasteiger partial charge in [0.05, 0.1) is 11.0 Å². The zero-order chi connectivity index (χ0) is 14.8. The van der Waals surface area contributed by atoms with Crippen LogP contribution in [0.5, 0.6) is 0 Å². The quantitative estimate of drug-likeness (QED) is 0.887. The first-order chi connectivity index (χ1) is 9.43. The molecule has 1 aromatic rings. The summed E-state index contributed by atoms with van der Waals surface area (Å²) in [5.74, 6) is 0.137. The van der Waals surface area contributed by atoms with Crippen molar-refractivity contribution in [2.75, 3.05) is 6.54 Å². The normalized spacial score (nSPS) is 26.2. The predicted molar refractivity (Wildman–Crippen MR) is 73.5 cm³/mol. The van der Waals surface area contributed by atoms with Gasteiger partial charge in [-0.3, -0.25) is 9.59 Å². The van der Waals surface area contributed by atoms with Crippen LogP contribution in [0.2, 0.25) is 0 Å². The average molecular weight is 279 g/mol. The second kappa shape index (κ2) is 5.69. The minimum Gasteiger partial charge on any atom is -0.481 e. The summed E-state index contributed by atoms with van der Waals surface area (Å²) in [6, 6.07) is 1.64.